The largest absolute Gasteiger partial charge is 0.393 e. The van der Waals surface area contributed by atoms with Crippen LogP contribution in [0.4, 0.5) is 0 Å². The number of nitrogens with one attached hydrogen (secondary N) is 2. The number of unbranched alkanes of at least 4 members (excludes halogenated alkanes) is 3. The fourth-order valence-electron chi connectivity index (χ4n) is 3.24. The lowest BCUT2D eigenvalue weighted by Gasteiger charge is -2.19. The van der Waals surface area contributed by atoms with E-state index in [1.54, 1.807) is 0 Å². The molecule has 1 fully saturated rings. The number of ether oxygens (including phenoxy) is 2. The van der Waals surface area contributed by atoms with E-state index in [9.17, 15) is 19.5 Å². The van der Waals surface area contributed by atoms with Crippen molar-refractivity contribution >= 4 is 12.0 Å². The third kappa shape index (κ3) is 7.52. The summed E-state index contributed by atoms with van der Waals surface area (Å²) in [6.45, 7) is 1.42. The second kappa shape index (κ2) is 12.4. The lowest BCUT2D eigenvalue weighted by molar-refractivity contribution is -0.116. The first-order valence-electron chi connectivity index (χ1n) is 10.3. The Hall–Kier alpha value is -2.27. The van der Waals surface area contributed by atoms with Gasteiger partial charge in [0.25, 0.3) is 5.56 Å². The van der Waals surface area contributed by atoms with E-state index >= 15 is 0 Å². The Kier molecular flexibility index (Phi) is 9.95. The molecule has 0 spiro atoms. The van der Waals surface area contributed by atoms with Crippen molar-refractivity contribution in [1.29, 1.82) is 0 Å². The van der Waals surface area contributed by atoms with E-state index < -0.39 is 23.6 Å². The van der Waals surface area contributed by atoms with Crippen LogP contribution in [0, 0.1) is 0 Å². The number of hydrogen-bond acceptors (Lipinski definition) is 7. The predicted octanol–water partition coefficient (Wildman–Crippen LogP) is -0.130. The van der Waals surface area contributed by atoms with Gasteiger partial charge in [0, 0.05) is 38.8 Å². The molecule has 1 aliphatic rings. The molecule has 0 radical (unpaired) electrons. The van der Waals surface area contributed by atoms with Crippen LogP contribution in [0.5, 0.6) is 0 Å². The van der Waals surface area contributed by atoms with Gasteiger partial charge < -0.3 is 25.6 Å². The summed E-state index contributed by atoms with van der Waals surface area (Å²) in [6.07, 6.45) is 6.62. The molecule has 0 bridgehead atoms. The van der Waals surface area contributed by atoms with Crippen molar-refractivity contribution in [2.75, 3.05) is 26.8 Å². The van der Waals surface area contributed by atoms with Gasteiger partial charge in [0.2, 0.25) is 5.91 Å². The summed E-state index contributed by atoms with van der Waals surface area (Å²) in [5.41, 5.74) is 4.32. The number of aromatic nitrogens is 2. The average Bonchev–Trinajstić information content (AvgIpc) is 2.91. The molecule has 30 heavy (non-hydrogen) atoms. The third-order valence-corrected chi connectivity index (χ3v) is 4.97. The maximum absolute atomic E-state index is 12.3. The molecule has 2 rings (SSSR count). The summed E-state index contributed by atoms with van der Waals surface area (Å²) in [4.78, 5) is 38.5. The molecule has 168 valence electrons. The highest BCUT2D eigenvalue weighted by Crippen LogP contribution is 2.22. The van der Waals surface area contributed by atoms with Crippen LogP contribution in [0.2, 0.25) is 0 Å². The first kappa shape index (κ1) is 24.0. The summed E-state index contributed by atoms with van der Waals surface area (Å²) < 4.78 is 12.2. The van der Waals surface area contributed by atoms with Crippen molar-refractivity contribution in [3.8, 4) is 0 Å². The number of methoxy groups -OCH3 is 1. The van der Waals surface area contributed by atoms with Crippen molar-refractivity contribution in [3.63, 3.8) is 0 Å². The van der Waals surface area contributed by atoms with Gasteiger partial charge >= 0.3 is 5.69 Å². The SMILES string of the molecule is COC1CO[C@@H](n2cc(/C=C/C(=O)NCCCCCCN)c(=O)[nH]c2=O)CC(O)C1. The zero-order valence-corrected chi connectivity index (χ0v) is 17.3. The minimum absolute atomic E-state index is 0.137. The maximum Gasteiger partial charge on any atom is 0.330 e. The van der Waals surface area contributed by atoms with Crippen LogP contribution in [0.15, 0.2) is 21.9 Å². The van der Waals surface area contributed by atoms with Crippen molar-refractivity contribution in [1.82, 2.24) is 14.9 Å². The van der Waals surface area contributed by atoms with Gasteiger partial charge in [-0.05, 0) is 25.5 Å². The molecule has 10 heteroatoms. The molecule has 1 amide bonds. The normalized spacial score (nSPS) is 22.2. The van der Waals surface area contributed by atoms with Gasteiger partial charge in [0.05, 0.1) is 24.4 Å². The zero-order chi connectivity index (χ0) is 21.9. The fourth-order valence-corrected chi connectivity index (χ4v) is 3.24. The van der Waals surface area contributed by atoms with Crippen molar-refractivity contribution < 1.29 is 19.4 Å². The number of nitrogens with two attached hydrogens (primary N) is 1. The maximum atomic E-state index is 12.3. The number of aromatic amines is 1. The van der Waals surface area contributed by atoms with Crippen molar-refractivity contribution in [3.05, 3.63) is 38.7 Å². The van der Waals surface area contributed by atoms with Gasteiger partial charge in [-0.2, -0.15) is 0 Å². The topological polar surface area (TPSA) is 149 Å². The minimum Gasteiger partial charge on any atom is -0.393 e. The van der Waals surface area contributed by atoms with E-state index in [1.807, 2.05) is 0 Å². The molecule has 1 aliphatic heterocycles. The predicted molar refractivity (Wildman–Crippen MR) is 112 cm³/mol. The standard InChI is InChI=1S/C20H32N4O6/c1-29-16-10-15(25)11-18(30-13-16)24-12-14(19(27)23-20(24)28)6-7-17(26)22-9-5-3-2-4-8-21/h6-7,12,15-16,18,25H,2-5,8-11,13,21H2,1H3,(H,22,26)(H,23,27,28)/b7-6+/t15?,16?,18-/m1/s1. The highest BCUT2D eigenvalue weighted by molar-refractivity contribution is 5.91. The Bertz CT molecular complexity index is 818. The number of H-pyrrole nitrogens is 1. The van der Waals surface area contributed by atoms with Gasteiger partial charge in [0.15, 0.2) is 0 Å². The fraction of sp³-hybridized carbons (Fsp3) is 0.650. The smallest absolute Gasteiger partial charge is 0.330 e. The second-order valence-corrected chi connectivity index (χ2v) is 7.35. The Balaban J connectivity index is 2.02. The summed E-state index contributed by atoms with van der Waals surface area (Å²) in [7, 11) is 1.53. The molecular formula is C20H32N4O6. The average molecular weight is 424 g/mol. The van der Waals surface area contributed by atoms with Gasteiger partial charge in [-0.15, -0.1) is 0 Å². The van der Waals surface area contributed by atoms with E-state index in [-0.39, 0.29) is 30.6 Å². The molecule has 0 aromatic carbocycles. The molecule has 5 N–H and O–H groups in total. The number of aliphatic hydroxyl groups excluding tert-OH is 1. The zero-order valence-electron chi connectivity index (χ0n) is 17.3. The summed E-state index contributed by atoms with van der Waals surface area (Å²) in [5, 5.41) is 12.9. The van der Waals surface area contributed by atoms with Gasteiger partial charge in [-0.3, -0.25) is 19.1 Å². The minimum atomic E-state index is -0.751. The van der Waals surface area contributed by atoms with Crippen LogP contribution in [-0.2, 0) is 14.3 Å². The Morgan fingerprint density at radius 2 is 2.13 bits per heavy atom. The number of amides is 1. The highest BCUT2D eigenvalue weighted by atomic mass is 16.5. The third-order valence-electron chi connectivity index (χ3n) is 4.97. The number of rotatable bonds is 10. The molecular weight excluding hydrogens is 392 g/mol. The van der Waals surface area contributed by atoms with E-state index in [0.29, 0.717) is 19.5 Å². The number of hydrogen-bond donors (Lipinski definition) is 4. The molecule has 1 aromatic heterocycles. The molecule has 3 atom stereocenters. The van der Waals surface area contributed by atoms with Gasteiger partial charge in [-0.25, -0.2) is 4.79 Å². The quantitative estimate of drug-likeness (QED) is 0.302. The number of aliphatic hydroxyl groups is 1. The van der Waals surface area contributed by atoms with E-state index in [2.05, 4.69) is 10.3 Å². The number of nitrogens with zero attached hydrogens (tertiary/aromatic N) is 1. The summed E-state index contributed by atoms with van der Waals surface area (Å²) in [6, 6.07) is 0. The van der Waals surface area contributed by atoms with Crippen LogP contribution in [0.25, 0.3) is 6.08 Å². The molecule has 1 aromatic rings. The first-order chi connectivity index (χ1) is 14.4. The number of carbonyl (C=O) groups excluding carboxylic acids is 1. The van der Waals surface area contributed by atoms with Crippen molar-refractivity contribution in [2.24, 2.45) is 5.73 Å². The van der Waals surface area contributed by atoms with Crippen LogP contribution in [0.1, 0.15) is 50.3 Å². The van der Waals surface area contributed by atoms with Crippen LogP contribution in [0.3, 0.4) is 0 Å². The lowest BCUT2D eigenvalue weighted by atomic mass is 10.1. The van der Waals surface area contributed by atoms with E-state index in [0.717, 1.165) is 25.7 Å². The molecule has 10 nitrogen and oxygen atoms in total. The van der Waals surface area contributed by atoms with Crippen LogP contribution >= 0.6 is 0 Å². The first-order valence-corrected chi connectivity index (χ1v) is 10.3. The molecule has 2 heterocycles. The Morgan fingerprint density at radius 3 is 2.87 bits per heavy atom. The number of carbonyl (C=O) groups is 1. The Morgan fingerprint density at radius 1 is 1.37 bits per heavy atom. The lowest BCUT2D eigenvalue weighted by Crippen LogP contribution is -2.35. The molecule has 1 saturated heterocycles. The van der Waals surface area contributed by atoms with Gasteiger partial charge in [-0.1, -0.05) is 12.8 Å². The monoisotopic (exact) mass is 424 g/mol. The van der Waals surface area contributed by atoms with Crippen LogP contribution < -0.4 is 22.3 Å². The van der Waals surface area contributed by atoms with Crippen molar-refractivity contribution in [2.45, 2.75) is 57.0 Å². The highest BCUT2D eigenvalue weighted by Gasteiger charge is 2.27. The molecule has 0 saturated carbocycles. The van der Waals surface area contributed by atoms with Gasteiger partial charge in [0.1, 0.15) is 6.23 Å². The summed E-state index contributed by atoms with van der Waals surface area (Å²) in [5.74, 6) is -0.324. The van der Waals surface area contributed by atoms with E-state index in [4.69, 9.17) is 15.2 Å². The van der Waals surface area contributed by atoms with E-state index in [1.165, 1.54) is 30.0 Å². The molecule has 2 unspecified atom stereocenters. The molecule has 0 aliphatic carbocycles. The second-order valence-electron chi connectivity index (χ2n) is 7.35. The Labute approximate surface area is 175 Å². The van der Waals surface area contributed by atoms with Crippen LogP contribution in [-0.4, -0.2) is 59.6 Å². The summed E-state index contributed by atoms with van der Waals surface area (Å²) >= 11 is 0.